The second-order valence-corrected chi connectivity index (χ2v) is 6.57. The van der Waals surface area contributed by atoms with Crippen molar-refractivity contribution in [2.24, 2.45) is 4.99 Å². The number of aliphatic imine (C=N–C) groups is 1. The highest BCUT2D eigenvalue weighted by molar-refractivity contribution is 6.30. The molecule has 1 aromatic carbocycles. The van der Waals surface area contributed by atoms with Gasteiger partial charge in [0.1, 0.15) is 6.17 Å². The number of alkyl halides is 3. The summed E-state index contributed by atoms with van der Waals surface area (Å²) in [6, 6.07) is 4.46. The third-order valence-electron chi connectivity index (χ3n) is 4.53. The van der Waals surface area contributed by atoms with E-state index in [1.54, 1.807) is 24.4 Å². The predicted octanol–water partition coefficient (Wildman–Crippen LogP) is 4.00. The van der Waals surface area contributed by atoms with Crippen molar-refractivity contribution in [1.82, 2.24) is 5.32 Å². The highest BCUT2D eigenvalue weighted by atomic mass is 35.5. The Bertz CT molecular complexity index is 709. The number of nitrogens with one attached hydrogen (secondary N) is 2. The van der Waals surface area contributed by atoms with E-state index in [0.29, 0.717) is 12.1 Å². The molecule has 1 aliphatic carbocycles. The molecule has 3 aliphatic rings. The van der Waals surface area contributed by atoms with Crippen molar-refractivity contribution in [2.75, 3.05) is 5.32 Å². The zero-order chi connectivity index (χ0) is 16.2. The average molecular weight is 342 g/mol. The van der Waals surface area contributed by atoms with Crippen LogP contribution in [0.15, 0.2) is 34.8 Å². The van der Waals surface area contributed by atoms with Gasteiger partial charge in [-0.1, -0.05) is 17.7 Å². The molecule has 0 aromatic heterocycles. The summed E-state index contributed by atoms with van der Waals surface area (Å²) < 4.78 is 43.0. The number of nitrogens with zero attached hydrogens (tertiary/aromatic N) is 1. The number of dihydropyridines is 1. The Balaban J connectivity index is 1.98. The predicted molar refractivity (Wildman–Crippen MR) is 83.9 cm³/mol. The van der Waals surface area contributed by atoms with Gasteiger partial charge in [-0.2, -0.15) is 13.2 Å². The van der Waals surface area contributed by atoms with Crippen LogP contribution in [-0.4, -0.2) is 24.6 Å². The third kappa shape index (κ3) is 2.27. The van der Waals surface area contributed by atoms with Gasteiger partial charge >= 0.3 is 6.18 Å². The lowest BCUT2D eigenvalue weighted by Gasteiger charge is -2.46. The van der Waals surface area contributed by atoms with Gasteiger partial charge in [0.25, 0.3) is 0 Å². The summed E-state index contributed by atoms with van der Waals surface area (Å²) in [5, 5.41) is 6.23. The van der Waals surface area contributed by atoms with E-state index in [-0.39, 0.29) is 22.2 Å². The van der Waals surface area contributed by atoms with E-state index >= 15 is 0 Å². The number of hydrogen-bond acceptors (Lipinski definition) is 3. The van der Waals surface area contributed by atoms with Crippen LogP contribution in [0.25, 0.3) is 0 Å². The summed E-state index contributed by atoms with van der Waals surface area (Å²) in [6.07, 6.45) is -0.0327. The second-order valence-electron chi connectivity index (χ2n) is 6.13. The summed E-state index contributed by atoms with van der Waals surface area (Å²) in [6.45, 7) is 0. The average Bonchev–Trinajstić information content (AvgIpc) is 3.30. The summed E-state index contributed by atoms with van der Waals surface area (Å²) in [5.41, 5.74) is -1.47. The van der Waals surface area contributed by atoms with E-state index in [9.17, 15) is 13.2 Å². The van der Waals surface area contributed by atoms with Gasteiger partial charge in [-0.05, 0) is 31.0 Å². The zero-order valence-corrected chi connectivity index (χ0v) is 12.9. The molecule has 0 spiro atoms. The maximum absolute atomic E-state index is 14.3. The number of benzene rings is 1. The van der Waals surface area contributed by atoms with Crippen molar-refractivity contribution < 1.29 is 13.2 Å². The van der Waals surface area contributed by atoms with Gasteiger partial charge in [-0.15, -0.1) is 0 Å². The molecule has 2 atom stereocenters. The smallest absolute Gasteiger partial charge is 0.360 e. The van der Waals surface area contributed by atoms with Crippen molar-refractivity contribution in [1.29, 1.82) is 0 Å². The minimum Gasteiger partial charge on any atom is -0.360 e. The second kappa shape index (κ2) is 4.98. The molecule has 0 bridgehead atoms. The van der Waals surface area contributed by atoms with Crippen LogP contribution in [0, 0.1) is 0 Å². The molecule has 1 saturated carbocycles. The Morgan fingerprint density at radius 3 is 2.78 bits per heavy atom. The standard InChI is InChI=1S/C16H15ClF3N3/c17-9-3-6-13-12(8-9)15(16(18,19)20,23-10-4-5-10)11-2-1-7-21-14(11)22-13/h2-3,6-8,10,14,22-23H,1,4-5H2. The Kier molecular flexibility index (Phi) is 3.25. The van der Waals surface area contributed by atoms with Crippen LogP contribution in [0.5, 0.6) is 0 Å². The Morgan fingerprint density at radius 1 is 1.30 bits per heavy atom. The van der Waals surface area contributed by atoms with Crippen molar-refractivity contribution in [3.63, 3.8) is 0 Å². The quantitative estimate of drug-likeness (QED) is 0.798. The Morgan fingerprint density at radius 2 is 2.09 bits per heavy atom. The monoisotopic (exact) mass is 341 g/mol. The molecule has 7 heteroatoms. The van der Waals surface area contributed by atoms with Crippen molar-refractivity contribution >= 4 is 23.5 Å². The van der Waals surface area contributed by atoms with Crippen molar-refractivity contribution in [3.05, 3.63) is 40.4 Å². The molecule has 3 nitrogen and oxygen atoms in total. The minimum absolute atomic E-state index is 0.129. The topological polar surface area (TPSA) is 36.4 Å². The Labute approximate surface area is 136 Å². The first kappa shape index (κ1) is 15.0. The van der Waals surface area contributed by atoms with Crippen LogP contribution in [0.3, 0.4) is 0 Å². The molecule has 0 saturated heterocycles. The lowest BCUT2D eigenvalue weighted by atomic mass is 9.75. The third-order valence-corrected chi connectivity index (χ3v) is 4.76. The van der Waals surface area contributed by atoms with Crippen LogP contribution >= 0.6 is 11.6 Å². The normalized spacial score (nSPS) is 29.4. The molecule has 23 heavy (non-hydrogen) atoms. The number of hydrogen-bond donors (Lipinski definition) is 2. The van der Waals surface area contributed by atoms with Gasteiger partial charge in [0.05, 0.1) is 0 Å². The zero-order valence-electron chi connectivity index (χ0n) is 12.1. The molecule has 2 heterocycles. The van der Waals surface area contributed by atoms with Crippen LogP contribution in [0.4, 0.5) is 18.9 Å². The van der Waals surface area contributed by atoms with Crippen LogP contribution < -0.4 is 10.6 Å². The van der Waals surface area contributed by atoms with Gasteiger partial charge in [-0.25, -0.2) is 0 Å². The van der Waals surface area contributed by atoms with Gasteiger partial charge < -0.3 is 5.32 Å². The summed E-state index contributed by atoms with van der Waals surface area (Å²) in [7, 11) is 0. The highest BCUT2D eigenvalue weighted by Gasteiger charge is 2.63. The maximum atomic E-state index is 14.3. The molecule has 1 aromatic rings. The molecule has 2 aliphatic heterocycles. The van der Waals surface area contributed by atoms with E-state index in [2.05, 4.69) is 15.6 Å². The van der Waals surface area contributed by atoms with Gasteiger partial charge in [0.2, 0.25) is 0 Å². The van der Waals surface area contributed by atoms with Crippen LogP contribution in [-0.2, 0) is 5.54 Å². The van der Waals surface area contributed by atoms with Gasteiger partial charge in [-0.3, -0.25) is 10.3 Å². The number of halogens is 4. The maximum Gasteiger partial charge on any atom is 0.414 e. The lowest BCUT2D eigenvalue weighted by Crippen LogP contribution is -2.61. The first-order valence-corrected chi connectivity index (χ1v) is 7.93. The first-order valence-electron chi connectivity index (χ1n) is 7.55. The molecule has 0 amide bonds. The summed E-state index contributed by atoms with van der Waals surface area (Å²) in [4.78, 5) is 4.23. The number of rotatable bonds is 2. The van der Waals surface area contributed by atoms with Gasteiger partial charge in [0, 0.05) is 40.5 Å². The summed E-state index contributed by atoms with van der Waals surface area (Å²) in [5.74, 6) is 0. The fourth-order valence-corrected chi connectivity index (χ4v) is 3.53. The number of allylic oxidation sites excluding steroid dienone is 1. The van der Waals surface area contributed by atoms with Gasteiger partial charge in [0.15, 0.2) is 5.54 Å². The Hall–Kier alpha value is -1.53. The lowest BCUT2D eigenvalue weighted by molar-refractivity contribution is -0.191. The van der Waals surface area contributed by atoms with Crippen LogP contribution in [0.2, 0.25) is 5.02 Å². The largest absolute Gasteiger partial charge is 0.414 e. The van der Waals surface area contributed by atoms with E-state index in [4.69, 9.17) is 11.6 Å². The fourth-order valence-electron chi connectivity index (χ4n) is 3.36. The minimum atomic E-state index is -4.49. The molecule has 1 fully saturated rings. The first-order chi connectivity index (χ1) is 10.9. The van der Waals surface area contributed by atoms with E-state index in [0.717, 1.165) is 12.8 Å². The van der Waals surface area contributed by atoms with Crippen molar-refractivity contribution in [3.8, 4) is 0 Å². The molecule has 2 N–H and O–H groups in total. The van der Waals surface area contributed by atoms with E-state index in [1.807, 2.05) is 0 Å². The SMILES string of the molecule is FC(F)(F)C1(NC2CC2)C2=CCC=NC2Nc2ccc(Cl)cc21. The molecule has 4 rings (SSSR count). The van der Waals surface area contributed by atoms with E-state index < -0.39 is 17.9 Å². The number of anilines is 1. The molecule has 122 valence electrons. The van der Waals surface area contributed by atoms with E-state index in [1.165, 1.54) is 6.07 Å². The molecular formula is C16H15ClF3N3. The molecule has 0 radical (unpaired) electrons. The number of fused-ring (bicyclic) bond motifs is 2. The van der Waals surface area contributed by atoms with Crippen molar-refractivity contribution in [2.45, 2.75) is 43.2 Å². The fraction of sp³-hybridized carbons (Fsp3) is 0.438. The summed E-state index contributed by atoms with van der Waals surface area (Å²) >= 11 is 6.01. The molecule has 2 unspecified atom stereocenters. The van der Waals surface area contributed by atoms with Crippen LogP contribution in [0.1, 0.15) is 24.8 Å². The highest BCUT2D eigenvalue weighted by Crippen LogP contribution is 2.53. The molecular weight excluding hydrogens is 327 g/mol.